The van der Waals surface area contributed by atoms with Crippen LogP contribution in [0, 0.1) is 15.2 Å². The van der Waals surface area contributed by atoms with E-state index in [-0.39, 0.29) is 15.4 Å². The number of ether oxygens (including phenoxy) is 1. The van der Waals surface area contributed by atoms with Crippen LogP contribution in [0.4, 0.5) is 19.3 Å². The molecule has 1 fully saturated rings. The van der Waals surface area contributed by atoms with Crippen molar-refractivity contribution in [3.63, 3.8) is 0 Å². The number of halogens is 3. The van der Waals surface area contributed by atoms with Gasteiger partial charge >= 0.3 is 6.09 Å². The number of carbonyl (C=O) groups excluding carboxylic acids is 1. The predicted octanol–water partition coefficient (Wildman–Crippen LogP) is 2.91. The molecule has 0 aliphatic carbocycles. The van der Waals surface area contributed by atoms with Crippen LogP contribution < -0.4 is 4.90 Å². The Hall–Kier alpha value is -0.920. The largest absolute Gasteiger partial charge is 0.444 e. The summed E-state index contributed by atoms with van der Waals surface area (Å²) in [7, 11) is 0. The number of carbonyl (C=O) groups is 1. The molecule has 1 saturated heterocycles. The van der Waals surface area contributed by atoms with E-state index in [0.717, 1.165) is 12.1 Å². The van der Waals surface area contributed by atoms with Crippen LogP contribution in [0.5, 0.6) is 0 Å². The Morgan fingerprint density at radius 3 is 2.44 bits per heavy atom. The monoisotopic (exact) mass is 339 g/mol. The molecule has 0 spiro atoms. The first-order valence-corrected chi connectivity index (χ1v) is 5.69. The van der Waals surface area contributed by atoms with Gasteiger partial charge in [-0.1, -0.05) is 0 Å². The van der Waals surface area contributed by atoms with Crippen LogP contribution in [0.15, 0.2) is 12.1 Å². The smallest absolute Gasteiger partial charge is 0.414 e. The minimum atomic E-state index is -0.678. The van der Waals surface area contributed by atoms with Crippen LogP contribution in [0.3, 0.4) is 0 Å². The fourth-order valence-corrected chi connectivity index (χ4v) is 1.82. The first-order chi connectivity index (χ1) is 7.49. The van der Waals surface area contributed by atoms with E-state index in [1.54, 1.807) is 29.5 Å². The van der Waals surface area contributed by atoms with Crippen molar-refractivity contribution >= 4 is 34.4 Å². The van der Waals surface area contributed by atoms with E-state index in [0.29, 0.717) is 6.54 Å². The van der Waals surface area contributed by atoms with Crippen molar-refractivity contribution in [2.24, 2.45) is 0 Å². The maximum Gasteiger partial charge on any atom is 0.414 e. The molecular formula is C10H8F2INO2. The summed E-state index contributed by atoms with van der Waals surface area (Å²) in [5.74, 6) is -1.36. The Labute approximate surface area is 105 Å². The van der Waals surface area contributed by atoms with E-state index >= 15 is 0 Å². The van der Waals surface area contributed by atoms with Gasteiger partial charge in [0.1, 0.15) is 17.7 Å². The van der Waals surface area contributed by atoms with Gasteiger partial charge < -0.3 is 4.74 Å². The lowest BCUT2D eigenvalue weighted by atomic mass is 10.2. The normalized spacial score (nSPS) is 20.1. The Kier molecular flexibility index (Phi) is 3.00. The quantitative estimate of drug-likeness (QED) is 0.582. The Morgan fingerprint density at radius 2 is 2.00 bits per heavy atom. The zero-order valence-corrected chi connectivity index (χ0v) is 10.5. The lowest BCUT2D eigenvalue weighted by Gasteiger charge is -2.13. The summed E-state index contributed by atoms with van der Waals surface area (Å²) in [5, 5.41) is 0. The molecule has 1 amide bonds. The molecule has 0 bridgehead atoms. The molecule has 1 atom stereocenters. The Morgan fingerprint density at radius 1 is 1.44 bits per heavy atom. The SMILES string of the molecule is C[C@@H]1CN(c2cc(F)c(I)c(F)c2)C(=O)O1. The second-order valence-electron chi connectivity index (χ2n) is 3.53. The lowest BCUT2D eigenvalue weighted by molar-refractivity contribution is 0.150. The summed E-state index contributed by atoms with van der Waals surface area (Å²) in [6.45, 7) is 2.02. The molecule has 1 heterocycles. The van der Waals surface area contributed by atoms with Crippen LogP contribution in [0.25, 0.3) is 0 Å². The Bertz CT molecular complexity index is 429. The Balaban J connectivity index is 2.38. The zero-order valence-electron chi connectivity index (χ0n) is 8.34. The van der Waals surface area contributed by atoms with Gasteiger partial charge in [0.25, 0.3) is 0 Å². The summed E-state index contributed by atoms with van der Waals surface area (Å²) in [6.07, 6.45) is -0.842. The van der Waals surface area contributed by atoms with Crippen molar-refractivity contribution in [1.82, 2.24) is 0 Å². The van der Waals surface area contributed by atoms with Crippen molar-refractivity contribution in [2.75, 3.05) is 11.4 Å². The summed E-state index contributed by atoms with van der Waals surface area (Å²) in [6, 6.07) is 2.26. The van der Waals surface area contributed by atoms with Gasteiger partial charge in [0.15, 0.2) is 0 Å². The summed E-state index contributed by atoms with van der Waals surface area (Å²) < 4.78 is 31.4. The van der Waals surface area contributed by atoms with E-state index in [4.69, 9.17) is 4.74 Å². The second kappa shape index (κ2) is 4.15. The minimum absolute atomic E-state index is 0.0815. The molecule has 1 aromatic rings. The third-order valence-corrected chi connectivity index (χ3v) is 3.27. The summed E-state index contributed by atoms with van der Waals surface area (Å²) in [4.78, 5) is 12.6. The summed E-state index contributed by atoms with van der Waals surface area (Å²) in [5.41, 5.74) is 0.185. The third kappa shape index (κ3) is 1.98. The molecule has 0 saturated carbocycles. The van der Waals surface area contributed by atoms with Crippen molar-refractivity contribution in [3.05, 3.63) is 27.3 Å². The molecule has 6 heteroatoms. The van der Waals surface area contributed by atoms with Gasteiger partial charge in [-0.05, 0) is 41.6 Å². The van der Waals surface area contributed by atoms with Crippen molar-refractivity contribution < 1.29 is 18.3 Å². The van der Waals surface area contributed by atoms with E-state index in [9.17, 15) is 13.6 Å². The van der Waals surface area contributed by atoms with Gasteiger partial charge in [-0.15, -0.1) is 0 Å². The number of hydrogen-bond acceptors (Lipinski definition) is 2. The van der Waals surface area contributed by atoms with Crippen LogP contribution >= 0.6 is 22.6 Å². The molecule has 0 N–H and O–H groups in total. The van der Waals surface area contributed by atoms with Gasteiger partial charge in [-0.3, -0.25) is 4.90 Å². The standard InChI is InChI=1S/C10H8F2INO2/c1-5-4-14(10(15)16-5)6-2-7(11)9(13)8(12)3-6/h2-3,5H,4H2,1H3/t5-/m1/s1. The van der Waals surface area contributed by atoms with Crippen molar-refractivity contribution in [1.29, 1.82) is 0 Å². The van der Waals surface area contributed by atoms with E-state index in [1.165, 1.54) is 4.90 Å². The molecular weight excluding hydrogens is 331 g/mol. The lowest BCUT2D eigenvalue weighted by Crippen LogP contribution is -2.24. The minimum Gasteiger partial charge on any atom is -0.444 e. The first kappa shape index (κ1) is 11.6. The van der Waals surface area contributed by atoms with Crippen LogP contribution in [0.2, 0.25) is 0 Å². The molecule has 0 aromatic heterocycles. The zero-order chi connectivity index (χ0) is 11.9. The van der Waals surface area contributed by atoms with Crippen LogP contribution in [0.1, 0.15) is 6.92 Å². The molecule has 1 aliphatic heterocycles. The molecule has 16 heavy (non-hydrogen) atoms. The number of cyclic esters (lactones) is 1. The summed E-state index contributed by atoms with van der Waals surface area (Å²) >= 11 is 1.57. The van der Waals surface area contributed by atoms with E-state index in [1.807, 2.05) is 0 Å². The van der Waals surface area contributed by atoms with Crippen molar-refractivity contribution in [3.8, 4) is 0 Å². The number of rotatable bonds is 1. The van der Waals surface area contributed by atoms with Crippen molar-refractivity contribution in [2.45, 2.75) is 13.0 Å². The van der Waals surface area contributed by atoms with Gasteiger partial charge in [-0.25, -0.2) is 13.6 Å². The molecule has 0 unspecified atom stereocenters. The third-order valence-electron chi connectivity index (χ3n) is 2.24. The molecule has 1 aromatic carbocycles. The number of nitrogens with zero attached hydrogens (tertiary/aromatic N) is 1. The molecule has 1 aliphatic rings. The fraction of sp³-hybridized carbons (Fsp3) is 0.300. The van der Waals surface area contributed by atoms with Crippen LogP contribution in [-0.2, 0) is 4.74 Å². The van der Waals surface area contributed by atoms with Gasteiger partial charge in [0, 0.05) is 0 Å². The number of anilines is 1. The molecule has 2 rings (SSSR count). The fourth-order valence-electron chi connectivity index (χ4n) is 1.51. The van der Waals surface area contributed by atoms with E-state index in [2.05, 4.69) is 0 Å². The van der Waals surface area contributed by atoms with E-state index < -0.39 is 17.7 Å². The van der Waals surface area contributed by atoms with Gasteiger partial charge in [0.05, 0.1) is 15.8 Å². The predicted molar refractivity (Wildman–Crippen MR) is 62.4 cm³/mol. The highest BCUT2D eigenvalue weighted by atomic mass is 127. The number of amides is 1. The average molecular weight is 339 g/mol. The molecule has 0 radical (unpaired) electrons. The topological polar surface area (TPSA) is 29.5 Å². The highest BCUT2D eigenvalue weighted by Crippen LogP contribution is 2.26. The second-order valence-corrected chi connectivity index (χ2v) is 4.61. The number of benzene rings is 1. The maximum absolute atomic E-state index is 13.3. The maximum atomic E-state index is 13.3. The first-order valence-electron chi connectivity index (χ1n) is 4.61. The molecule has 86 valence electrons. The highest BCUT2D eigenvalue weighted by molar-refractivity contribution is 14.1. The van der Waals surface area contributed by atoms with Gasteiger partial charge in [0.2, 0.25) is 0 Å². The highest BCUT2D eigenvalue weighted by Gasteiger charge is 2.30. The number of hydrogen-bond donors (Lipinski definition) is 0. The average Bonchev–Trinajstić information content (AvgIpc) is 2.53. The van der Waals surface area contributed by atoms with Crippen LogP contribution in [-0.4, -0.2) is 18.7 Å². The molecule has 3 nitrogen and oxygen atoms in total. The van der Waals surface area contributed by atoms with Gasteiger partial charge in [-0.2, -0.15) is 0 Å².